The summed E-state index contributed by atoms with van der Waals surface area (Å²) in [6, 6.07) is 8.96. The summed E-state index contributed by atoms with van der Waals surface area (Å²) in [4.78, 5) is 0. The maximum absolute atomic E-state index is 9.90. The van der Waals surface area contributed by atoms with Crippen LogP contribution in [0.5, 0.6) is 5.75 Å². The van der Waals surface area contributed by atoms with Gasteiger partial charge in [-0.25, -0.2) is 0 Å². The lowest BCUT2D eigenvalue weighted by molar-refractivity contribution is 0.0170. The SMILES string of the molecule is CC1(CNCC(O)COc2cccc(C#N)c2)CCCO1. The second kappa shape index (κ2) is 7.41. The van der Waals surface area contributed by atoms with Crippen molar-refractivity contribution in [2.45, 2.75) is 31.5 Å². The van der Waals surface area contributed by atoms with Gasteiger partial charge in [0.2, 0.25) is 0 Å². The third-order valence-electron chi connectivity index (χ3n) is 3.58. The summed E-state index contributed by atoms with van der Waals surface area (Å²) in [5.74, 6) is 0.596. The molecule has 0 spiro atoms. The summed E-state index contributed by atoms with van der Waals surface area (Å²) in [6.07, 6.45) is 1.55. The average molecular weight is 290 g/mol. The first kappa shape index (κ1) is 15.8. The highest BCUT2D eigenvalue weighted by Crippen LogP contribution is 2.23. The van der Waals surface area contributed by atoms with E-state index < -0.39 is 6.10 Å². The van der Waals surface area contributed by atoms with Crippen molar-refractivity contribution in [1.29, 1.82) is 5.26 Å². The van der Waals surface area contributed by atoms with Crippen molar-refractivity contribution in [2.24, 2.45) is 0 Å². The number of hydrogen-bond acceptors (Lipinski definition) is 5. The van der Waals surface area contributed by atoms with E-state index in [0.29, 0.717) is 17.9 Å². The summed E-state index contributed by atoms with van der Waals surface area (Å²) in [6.45, 7) is 4.28. The van der Waals surface area contributed by atoms with Crippen molar-refractivity contribution in [3.8, 4) is 11.8 Å². The van der Waals surface area contributed by atoms with Gasteiger partial charge in [-0.3, -0.25) is 0 Å². The van der Waals surface area contributed by atoms with Crippen LogP contribution in [-0.4, -0.2) is 43.1 Å². The summed E-state index contributed by atoms with van der Waals surface area (Å²) in [5.41, 5.74) is 0.438. The molecule has 1 fully saturated rings. The van der Waals surface area contributed by atoms with Crippen LogP contribution >= 0.6 is 0 Å². The number of nitriles is 1. The number of nitrogens with zero attached hydrogens (tertiary/aromatic N) is 1. The second-order valence-electron chi connectivity index (χ2n) is 5.64. The molecule has 1 heterocycles. The minimum atomic E-state index is -0.597. The monoisotopic (exact) mass is 290 g/mol. The van der Waals surface area contributed by atoms with Crippen molar-refractivity contribution in [2.75, 3.05) is 26.3 Å². The van der Waals surface area contributed by atoms with Crippen LogP contribution in [0.3, 0.4) is 0 Å². The topological polar surface area (TPSA) is 74.5 Å². The van der Waals surface area contributed by atoms with E-state index in [4.69, 9.17) is 14.7 Å². The van der Waals surface area contributed by atoms with E-state index in [0.717, 1.165) is 26.0 Å². The lowest BCUT2D eigenvalue weighted by atomic mass is 10.0. The van der Waals surface area contributed by atoms with Gasteiger partial charge in [0.25, 0.3) is 0 Å². The standard InChI is InChI=1S/C16H22N2O3/c1-16(6-3-7-21-16)12-18-10-14(19)11-20-15-5-2-4-13(8-15)9-17/h2,4-5,8,14,18-19H,3,6-7,10-12H2,1H3. The molecule has 0 radical (unpaired) electrons. The average Bonchev–Trinajstić information content (AvgIpc) is 2.92. The Kier molecular flexibility index (Phi) is 5.57. The normalized spacial score (nSPS) is 22.7. The highest BCUT2D eigenvalue weighted by Gasteiger charge is 2.29. The predicted molar refractivity (Wildman–Crippen MR) is 79.1 cm³/mol. The van der Waals surface area contributed by atoms with Gasteiger partial charge in [-0.1, -0.05) is 6.07 Å². The number of rotatable bonds is 7. The molecule has 21 heavy (non-hydrogen) atoms. The molecule has 2 atom stereocenters. The number of aliphatic hydroxyl groups excluding tert-OH is 1. The molecule has 0 bridgehead atoms. The first-order chi connectivity index (χ1) is 10.1. The van der Waals surface area contributed by atoms with Gasteiger partial charge >= 0.3 is 0 Å². The van der Waals surface area contributed by atoms with Crippen molar-refractivity contribution in [3.63, 3.8) is 0 Å². The van der Waals surface area contributed by atoms with Gasteiger partial charge < -0.3 is 19.9 Å². The largest absolute Gasteiger partial charge is 0.491 e. The summed E-state index contributed by atoms with van der Waals surface area (Å²) < 4.78 is 11.2. The van der Waals surface area contributed by atoms with Crippen molar-refractivity contribution in [1.82, 2.24) is 5.32 Å². The number of aliphatic hydroxyl groups is 1. The predicted octanol–water partition coefficient (Wildman–Crippen LogP) is 1.46. The molecule has 1 aromatic carbocycles. The first-order valence-electron chi connectivity index (χ1n) is 7.27. The van der Waals surface area contributed by atoms with Crippen LogP contribution in [0.15, 0.2) is 24.3 Å². The zero-order valence-corrected chi connectivity index (χ0v) is 12.3. The van der Waals surface area contributed by atoms with E-state index in [1.165, 1.54) is 0 Å². The zero-order chi connectivity index (χ0) is 15.1. The molecule has 1 aliphatic rings. The summed E-state index contributed by atoms with van der Waals surface area (Å²) >= 11 is 0. The maximum atomic E-state index is 9.90. The van der Waals surface area contributed by atoms with Crippen LogP contribution in [0.2, 0.25) is 0 Å². The molecule has 1 aliphatic heterocycles. The second-order valence-corrected chi connectivity index (χ2v) is 5.64. The molecule has 1 saturated heterocycles. The molecule has 0 aliphatic carbocycles. The lowest BCUT2D eigenvalue weighted by Gasteiger charge is -2.24. The Bertz CT molecular complexity index is 493. The zero-order valence-electron chi connectivity index (χ0n) is 12.3. The van der Waals surface area contributed by atoms with Crippen molar-refractivity contribution < 1.29 is 14.6 Å². The van der Waals surface area contributed by atoms with Crippen LogP contribution in [0.4, 0.5) is 0 Å². The molecule has 0 aromatic heterocycles. The Labute approximate surface area is 125 Å². The van der Waals surface area contributed by atoms with Gasteiger partial charge in [0.1, 0.15) is 18.5 Å². The maximum Gasteiger partial charge on any atom is 0.120 e. The van der Waals surface area contributed by atoms with Gasteiger partial charge in [-0.15, -0.1) is 0 Å². The van der Waals surface area contributed by atoms with E-state index in [1.54, 1.807) is 24.3 Å². The molecule has 5 nitrogen and oxygen atoms in total. The highest BCUT2D eigenvalue weighted by molar-refractivity contribution is 5.36. The van der Waals surface area contributed by atoms with Gasteiger partial charge in [0.15, 0.2) is 0 Å². The molecule has 1 aromatic rings. The Morgan fingerprint density at radius 2 is 2.43 bits per heavy atom. The van der Waals surface area contributed by atoms with Crippen LogP contribution in [0, 0.1) is 11.3 Å². The molecule has 5 heteroatoms. The van der Waals surface area contributed by atoms with Crippen LogP contribution in [0.25, 0.3) is 0 Å². The number of ether oxygens (including phenoxy) is 2. The minimum absolute atomic E-state index is 0.109. The molecular formula is C16H22N2O3. The van der Waals surface area contributed by atoms with Crippen LogP contribution < -0.4 is 10.1 Å². The van der Waals surface area contributed by atoms with Gasteiger partial charge in [0, 0.05) is 19.7 Å². The van der Waals surface area contributed by atoms with E-state index in [-0.39, 0.29) is 12.2 Å². The smallest absolute Gasteiger partial charge is 0.120 e. The number of nitrogens with one attached hydrogen (secondary N) is 1. The molecular weight excluding hydrogens is 268 g/mol. The molecule has 0 saturated carbocycles. The molecule has 2 unspecified atom stereocenters. The third kappa shape index (κ3) is 5.01. The Morgan fingerprint density at radius 1 is 1.57 bits per heavy atom. The van der Waals surface area contributed by atoms with E-state index in [2.05, 4.69) is 18.3 Å². The van der Waals surface area contributed by atoms with Crippen molar-refractivity contribution >= 4 is 0 Å². The van der Waals surface area contributed by atoms with Gasteiger partial charge in [-0.05, 0) is 38.0 Å². The van der Waals surface area contributed by atoms with Crippen LogP contribution in [0.1, 0.15) is 25.3 Å². The third-order valence-corrected chi connectivity index (χ3v) is 3.58. The van der Waals surface area contributed by atoms with E-state index in [9.17, 15) is 5.11 Å². The number of benzene rings is 1. The summed E-state index contributed by atoms with van der Waals surface area (Å²) in [7, 11) is 0. The minimum Gasteiger partial charge on any atom is -0.491 e. The number of hydrogen-bond donors (Lipinski definition) is 2. The fourth-order valence-corrected chi connectivity index (χ4v) is 2.39. The molecule has 2 N–H and O–H groups in total. The van der Waals surface area contributed by atoms with E-state index in [1.807, 2.05) is 0 Å². The van der Waals surface area contributed by atoms with Gasteiger partial charge in [-0.2, -0.15) is 5.26 Å². The van der Waals surface area contributed by atoms with Crippen molar-refractivity contribution in [3.05, 3.63) is 29.8 Å². The molecule has 2 rings (SSSR count). The fourth-order valence-electron chi connectivity index (χ4n) is 2.39. The highest BCUT2D eigenvalue weighted by atomic mass is 16.5. The molecule has 0 amide bonds. The van der Waals surface area contributed by atoms with E-state index >= 15 is 0 Å². The fraction of sp³-hybridized carbons (Fsp3) is 0.562. The van der Waals surface area contributed by atoms with Gasteiger partial charge in [0.05, 0.1) is 17.2 Å². The Hall–Kier alpha value is -1.61. The Balaban J connectivity index is 1.67. The molecule has 114 valence electrons. The van der Waals surface area contributed by atoms with Crippen LogP contribution in [-0.2, 0) is 4.74 Å². The first-order valence-corrected chi connectivity index (χ1v) is 7.27. The summed E-state index contributed by atoms with van der Waals surface area (Å²) in [5, 5.41) is 21.9. The lowest BCUT2D eigenvalue weighted by Crippen LogP contribution is -2.41. The quantitative estimate of drug-likeness (QED) is 0.795. The Morgan fingerprint density at radius 3 is 3.14 bits per heavy atom.